The molecule has 1 fully saturated rings. The number of aryl methyl sites for hydroxylation is 1. The lowest BCUT2D eigenvalue weighted by atomic mass is 10.1. The van der Waals surface area contributed by atoms with Crippen LogP contribution in [-0.4, -0.2) is 55.2 Å². The van der Waals surface area contributed by atoms with Crippen molar-refractivity contribution in [2.75, 3.05) is 44.3 Å². The number of nitrogens with zero attached hydrogens (tertiary/aromatic N) is 3. The Kier molecular flexibility index (Phi) is 7.15. The van der Waals surface area contributed by atoms with Gasteiger partial charge in [0, 0.05) is 30.7 Å². The molecule has 0 radical (unpaired) electrons. The molecule has 0 saturated carbocycles. The number of fused-ring (bicyclic) bond motifs is 1. The van der Waals surface area contributed by atoms with E-state index in [9.17, 15) is 4.79 Å². The van der Waals surface area contributed by atoms with Gasteiger partial charge in [0.2, 0.25) is 5.91 Å². The second-order valence-corrected chi connectivity index (χ2v) is 9.55. The van der Waals surface area contributed by atoms with Crippen molar-refractivity contribution in [3.63, 3.8) is 0 Å². The Hall–Kier alpha value is -1.80. The van der Waals surface area contributed by atoms with Crippen LogP contribution in [0.2, 0.25) is 0 Å². The molecule has 1 aliphatic heterocycles. The normalized spacial score (nSPS) is 14.9. The van der Waals surface area contributed by atoms with Gasteiger partial charge in [0.25, 0.3) is 0 Å². The number of hydrogen-bond acceptors (Lipinski definition) is 5. The number of benzene rings is 2. The van der Waals surface area contributed by atoms with Crippen molar-refractivity contribution < 1.29 is 9.53 Å². The first-order chi connectivity index (χ1) is 14.6. The number of carbonyl (C=O) groups is 1. The van der Waals surface area contributed by atoms with Crippen LogP contribution in [0.4, 0.5) is 5.13 Å². The van der Waals surface area contributed by atoms with Crippen LogP contribution in [0.5, 0.6) is 0 Å². The van der Waals surface area contributed by atoms with Gasteiger partial charge in [0.1, 0.15) is 0 Å². The van der Waals surface area contributed by atoms with Crippen molar-refractivity contribution in [1.29, 1.82) is 0 Å². The molecule has 30 heavy (non-hydrogen) atoms. The van der Waals surface area contributed by atoms with E-state index in [-0.39, 0.29) is 5.91 Å². The number of halogens is 1. The molecule has 1 saturated heterocycles. The third-order valence-electron chi connectivity index (χ3n) is 5.27. The largest absolute Gasteiger partial charge is 0.379 e. The summed E-state index contributed by atoms with van der Waals surface area (Å²) in [6.45, 7) is 7.21. The Balaban J connectivity index is 1.52. The first kappa shape index (κ1) is 21.4. The fourth-order valence-electron chi connectivity index (χ4n) is 3.70. The van der Waals surface area contributed by atoms with Crippen LogP contribution in [0.3, 0.4) is 0 Å². The monoisotopic (exact) mass is 487 g/mol. The van der Waals surface area contributed by atoms with Crippen LogP contribution in [0.15, 0.2) is 46.9 Å². The number of carbonyl (C=O) groups excluding carboxylic acids is 1. The lowest BCUT2D eigenvalue weighted by Gasteiger charge is -2.27. The van der Waals surface area contributed by atoms with Crippen molar-refractivity contribution in [3.05, 3.63) is 58.1 Å². The molecular weight excluding hydrogens is 462 g/mol. The smallest absolute Gasteiger partial charge is 0.233 e. The fourth-order valence-corrected chi connectivity index (χ4v) is 5.26. The number of rotatable bonds is 7. The molecule has 1 amide bonds. The summed E-state index contributed by atoms with van der Waals surface area (Å²) in [5.41, 5.74) is 3.14. The summed E-state index contributed by atoms with van der Waals surface area (Å²) in [7, 11) is 0. The maximum Gasteiger partial charge on any atom is 0.233 e. The maximum atomic E-state index is 13.3. The molecule has 0 bridgehead atoms. The van der Waals surface area contributed by atoms with Crippen LogP contribution in [0, 0.1) is 6.92 Å². The van der Waals surface area contributed by atoms with E-state index in [1.165, 1.54) is 5.56 Å². The van der Waals surface area contributed by atoms with E-state index in [1.807, 2.05) is 29.2 Å². The highest BCUT2D eigenvalue weighted by molar-refractivity contribution is 9.10. The minimum absolute atomic E-state index is 0.0979. The molecule has 0 N–H and O–H groups in total. The maximum absolute atomic E-state index is 13.3. The van der Waals surface area contributed by atoms with Crippen molar-refractivity contribution >= 4 is 48.5 Å². The van der Waals surface area contributed by atoms with Gasteiger partial charge in [-0.1, -0.05) is 57.1 Å². The minimum atomic E-state index is 0.0979. The van der Waals surface area contributed by atoms with Gasteiger partial charge in [-0.2, -0.15) is 0 Å². The number of thiazole rings is 1. The standard InChI is InChI=1S/C23H26BrN3O2S/c1-17-4-2-5-18(14-17)15-22(28)27(9-3-8-26-10-12-29-13-11-26)23-25-20-7-6-19(24)16-21(20)30-23/h2,4-7,14,16H,3,8-13,15H2,1H3. The van der Waals surface area contributed by atoms with Gasteiger partial charge in [-0.05, 0) is 37.1 Å². The molecule has 0 spiro atoms. The number of ether oxygens (including phenoxy) is 1. The molecule has 2 aromatic carbocycles. The zero-order chi connectivity index (χ0) is 20.9. The number of amides is 1. The molecule has 1 aliphatic rings. The number of anilines is 1. The summed E-state index contributed by atoms with van der Waals surface area (Å²) in [6, 6.07) is 14.2. The Morgan fingerprint density at radius 2 is 2.07 bits per heavy atom. The van der Waals surface area contributed by atoms with Gasteiger partial charge < -0.3 is 4.74 Å². The summed E-state index contributed by atoms with van der Waals surface area (Å²) in [4.78, 5) is 22.4. The summed E-state index contributed by atoms with van der Waals surface area (Å²) in [5.74, 6) is 0.0979. The van der Waals surface area contributed by atoms with E-state index in [0.717, 1.165) is 64.7 Å². The second kappa shape index (κ2) is 10.0. The Morgan fingerprint density at radius 1 is 1.23 bits per heavy atom. The van der Waals surface area contributed by atoms with E-state index < -0.39 is 0 Å². The van der Waals surface area contributed by atoms with Gasteiger partial charge in [-0.3, -0.25) is 14.6 Å². The zero-order valence-corrected chi connectivity index (χ0v) is 19.5. The zero-order valence-electron chi connectivity index (χ0n) is 17.1. The fraction of sp³-hybridized carbons (Fsp3) is 0.391. The summed E-state index contributed by atoms with van der Waals surface area (Å²) in [5, 5.41) is 0.780. The first-order valence-corrected chi connectivity index (χ1v) is 11.9. The van der Waals surface area contributed by atoms with Crippen molar-refractivity contribution in [2.24, 2.45) is 0 Å². The summed E-state index contributed by atoms with van der Waals surface area (Å²) < 4.78 is 7.54. The number of morpholine rings is 1. The highest BCUT2D eigenvalue weighted by atomic mass is 79.9. The first-order valence-electron chi connectivity index (χ1n) is 10.3. The van der Waals surface area contributed by atoms with Gasteiger partial charge >= 0.3 is 0 Å². The highest BCUT2D eigenvalue weighted by Gasteiger charge is 2.21. The molecule has 5 nitrogen and oxygen atoms in total. The van der Waals surface area contributed by atoms with Gasteiger partial charge in [0.15, 0.2) is 5.13 Å². The molecule has 3 aromatic rings. The predicted octanol–water partition coefficient (Wildman–Crippen LogP) is 4.67. The molecule has 0 unspecified atom stereocenters. The van der Waals surface area contributed by atoms with Crippen molar-refractivity contribution in [2.45, 2.75) is 19.8 Å². The molecule has 1 aromatic heterocycles. The lowest BCUT2D eigenvalue weighted by molar-refractivity contribution is -0.118. The predicted molar refractivity (Wildman–Crippen MR) is 126 cm³/mol. The second-order valence-electron chi connectivity index (χ2n) is 7.63. The van der Waals surface area contributed by atoms with Crippen LogP contribution in [0.1, 0.15) is 17.5 Å². The van der Waals surface area contributed by atoms with Crippen LogP contribution >= 0.6 is 27.3 Å². The average molecular weight is 488 g/mol. The van der Waals surface area contributed by atoms with Gasteiger partial charge in [-0.15, -0.1) is 0 Å². The Bertz CT molecular complexity index is 1020. The molecule has 2 heterocycles. The average Bonchev–Trinajstić information content (AvgIpc) is 3.14. The van der Waals surface area contributed by atoms with Crippen LogP contribution in [-0.2, 0) is 16.0 Å². The van der Waals surface area contributed by atoms with Crippen LogP contribution in [0.25, 0.3) is 10.2 Å². The minimum Gasteiger partial charge on any atom is -0.379 e. The molecular formula is C23H26BrN3O2S. The molecule has 4 rings (SSSR count). The third kappa shape index (κ3) is 5.46. The molecule has 0 atom stereocenters. The van der Waals surface area contributed by atoms with Crippen molar-refractivity contribution in [3.8, 4) is 0 Å². The van der Waals surface area contributed by atoms with Crippen LogP contribution < -0.4 is 4.90 Å². The van der Waals surface area contributed by atoms with Gasteiger partial charge in [0.05, 0.1) is 29.9 Å². The van der Waals surface area contributed by atoms with E-state index in [1.54, 1.807) is 11.3 Å². The van der Waals surface area contributed by atoms with E-state index in [2.05, 4.69) is 46.0 Å². The Morgan fingerprint density at radius 3 is 2.87 bits per heavy atom. The topological polar surface area (TPSA) is 45.7 Å². The van der Waals surface area contributed by atoms with E-state index >= 15 is 0 Å². The Labute approximate surface area is 189 Å². The van der Waals surface area contributed by atoms with E-state index in [4.69, 9.17) is 9.72 Å². The molecule has 7 heteroatoms. The summed E-state index contributed by atoms with van der Waals surface area (Å²) >= 11 is 5.11. The third-order valence-corrected chi connectivity index (χ3v) is 6.80. The number of aromatic nitrogens is 1. The quantitative estimate of drug-likeness (QED) is 0.485. The SMILES string of the molecule is Cc1cccc(CC(=O)N(CCCN2CCOCC2)c2nc3ccc(Br)cc3s2)c1. The van der Waals surface area contributed by atoms with E-state index in [0.29, 0.717) is 13.0 Å². The molecule has 158 valence electrons. The lowest BCUT2D eigenvalue weighted by Crippen LogP contribution is -2.39. The highest BCUT2D eigenvalue weighted by Crippen LogP contribution is 2.31. The number of hydrogen-bond donors (Lipinski definition) is 0. The molecule has 0 aliphatic carbocycles. The summed E-state index contributed by atoms with van der Waals surface area (Å²) in [6.07, 6.45) is 1.30. The van der Waals surface area contributed by atoms with Crippen molar-refractivity contribution in [1.82, 2.24) is 9.88 Å². The van der Waals surface area contributed by atoms with Gasteiger partial charge in [-0.25, -0.2) is 4.98 Å².